The zero-order valence-corrected chi connectivity index (χ0v) is 8.20. The molecule has 0 aliphatic heterocycles. The van der Waals surface area contributed by atoms with Crippen LogP contribution >= 0.6 is 0 Å². The van der Waals surface area contributed by atoms with E-state index in [0.717, 1.165) is 6.08 Å². The van der Waals surface area contributed by atoms with Crippen molar-refractivity contribution in [3.8, 4) is 0 Å². The molecule has 0 spiro atoms. The van der Waals surface area contributed by atoms with Gasteiger partial charge in [-0.3, -0.25) is 4.79 Å². The summed E-state index contributed by atoms with van der Waals surface area (Å²) in [6.45, 7) is 4.93. The molecule has 84 valence electrons. The summed E-state index contributed by atoms with van der Waals surface area (Å²) in [5, 5.41) is 0. The van der Waals surface area contributed by atoms with Crippen molar-refractivity contribution in [2.75, 3.05) is 14.2 Å². The van der Waals surface area contributed by atoms with Crippen LogP contribution in [0.4, 0.5) is 0 Å². The van der Waals surface area contributed by atoms with Crippen molar-refractivity contribution in [1.82, 2.24) is 0 Å². The van der Waals surface area contributed by atoms with Crippen molar-refractivity contribution in [3.05, 3.63) is 12.7 Å². The summed E-state index contributed by atoms with van der Waals surface area (Å²) >= 11 is 0. The Labute approximate surface area is 87.3 Å². The smallest absolute Gasteiger partial charge is 0.329 e. The molecule has 0 rings (SSSR count). The van der Waals surface area contributed by atoms with Crippen LogP contribution in [-0.4, -0.2) is 26.2 Å². The maximum atomic E-state index is 10.3. The lowest BCUT2D eigenvalue weighted by molar-refractivity contribution is -0.140. The van der Waals surface area contributed by atoms with E-state index < -0.39 is 18.3 Å². The van der Waals surface area contributed by atoms with Gasteiger partial charge in [0.1, 0.15) is 0 Å². The zero-order valence-electron chi connectivity index (χ0n) is 9.20. The van der Waals surface area contributed by atoms with Crippen LogP contribution in [0, 0.1) is 0 Å². The Balaban J connectivity index is -0.000000187. The van der Waals surface area contributed by atoms with Gasteiger partial charge in [-0.05, 0) is 6.42 Å². The first-order valence-corrected chi connectivity index (χ1v) is 3.73. The summed E-state index contributed by atoms with van der Waals surface area (Å²) in [7, 11) is 2.60. The van der Waals surface area contributed by atoms with E-state index in [9.17, 15) is 9.59 Å². The number of hydrogen-bond acceptors (Lipinski definition) is 4. The van der Waals surface area contributed by atoms with Gasteiger partial charge in [-0.15, -0.1) is 0 Å². The maximum Gasteiger partial charge on any atom is 0.329 e. The highest BCUT2D eigenvalue weighted by atomic mass is 16.5. The van der Waals surface area contributed by atoms with E-state index in [-0.39, 0.29) is 7.43 Å². The Morgan fingerprint density at radius 3 is 2.00 bits per heavy atom. The molecule has 0 bridgehead atoms. The van der Waals surface area contributed by atoms with Crippen molar-refractivity contribution in [3.63, 3.8) is 0 Å². The lowest BCUT2D eigenvalue weighted by atomic mass is 10.3. The standard InChI is InChI=1S/C5H10O2.C4H6O2.CH4/c1-3-4-5(6)7-2;1-3-4(5)6-2;/h3-4H2,1-2H3;3H,1H2,2H3;1H4/i4D;;. The fourth-order valence-corrected chi connectivity index (χ4v) is 0.333. The molecule has 0 radical (unpaired) electrons. The van der Waals surface area contributed by atoms with Gasteiger partial charge >= 0.3 is 11.9 Å². The van der Waals surface area contributed by atoms with E-state index in [0.29, 0.717) is 6.42 Å². The molecule has 0 amide bonds. The molecule has 0 aromatic heterocycles. The van der Waals surface area contributed by atoms with Gasteiger partial charge < -0.3 is 9.47 Å². The van der Waals surface area contributed by atoms with Gasteiger partial charge in [0.15, 0.2) is 0 Å². The molecule has 0 fully saturated rings. The monoisotopic (exact) mass is 205 g/mol. The molecular formula is C10H20O4. The van der Waals surface area contributed by atoms with Gasteiger partial charge in [-0.2, -0.15) is 0 Å². The Hall–Kier alpha value is -1.32. The lowest BCUT2D eigenvalue weighted by Gasteiger charge is -1.91. The number of carbonyl (C=O) groups excluding carboxylic acids is 2. The quantitative estimate of drug-likeness (QED) is 0.522. The van der Waals surface area contributed by atoms with E-state index in [1.54, 1.807) is 6.92 Å². The highest BCUT2D eigenvalue weighted by Crippen LogP contribution is 1.86. The van der Waals surface area contributed by atoms with Gasteiger partial charge in [0, 0.05) is 13.8 Å². The highest BCUT2D eigenvalue weighted by molar-refractivity contribution is 5.80. The number of ether oxygens (including phenoxy) is 2. The Morgan fingerprint density at radius 1 is 1.43 bits per heavy atom. The predicted octanol–water partition coefficient (Wildman–Crippen LogP) is 1.94. The molecule has 0 saturated heterocycles. The summed E-state index contributed by atoms with van der Waals surface area (Å²) in [6, 6.07) is 0. The van der Waals surface area contributed by atoms with Gasteiger partial charge in [-0.1, -0.05) is 20.9 Å². The van der Waals surface area contributed by atoms with Crippen LogP contribution in [0.5, 0.6) is 0 Å². The summed E-state index contributed by atoms with van der Waals surface area (Å²) in [5.74, 6) is -0.845. The van der Waals surface area contributed by atoms with Crippen LogP contribution in [0.25, 0.3) is 0 Å². The second-order valence-electron chi connectivity index (χ2n) is 1.86. The second-order valence-corrected chi connectivity index (χ2v) is 1.86. The third-order valence-corrected chi connectivity index (χ3v) is 0.940. The van der Waals surface area contributed by atoms with Crippen LogP contribution in [0.2, 0.25) is 0 Å². The van der Waals surface area contributed by atoms with Crippen molar-refractivity contribution in [1.29, 1.82) is 0 Å². The third kappa shape index (κ3) is 17.0. The largest absolute Gasteiger partial charge is 0.469 e. The molecule has 4 heteroatoms. The first-order valence-electron chi connectivity index (χ1n) is 4.31. The third-order valence-electron chi connectivity index (χ3n) is 0.940. The van der Waals surface area contributed by atoms with Gasteiger partial charge in [0.25, 0.3) is 0 Å². The summed E-state index contributed by atoms with van der Waals surface area (Å²) in [5.41, 5.74) is 0. The molecule has 4 nitrogen and oxygen atoms in total. The first-order chi connectivity index (χ1) is 6.53. The average molecular weight is 205 g/mol. The number of carbonyl (C=O) groups is 2. The second kappa shape index (κ2) is 14.2. The number of rotatable bonds is 3. The molecule has 0 aromatic carbocycles. The normalized spacial score (nSPS) is 10.4. The summed E-state index contributed by atoms with van der Waals surface area (Å²) in [6.07, 6.45) is 0.937. The van der Waals surface area contributed by atoms with E-state index >= 15 is 0 Å². The minimum Gasteiger partial charge on any atom is -0.469 e. The van der Waals surface area contributed by atoms with E-state index in [2.05, 4.69) is 16.1 Å². The van der Waals surface area contributed by atoms with Crippen molar-refractivity contribution in [2.24, 2.45) is 0 Å². The number of methoxy groups -OCH3 is 2. The maximum absolute atomic E-state index is 10.3. The van der Waals surface area contributed by atoms with Crippen molar-refractivity contribution in [2.45, 2.75) is 27.2 Å². The highest BCUT2D eigenvalue weighted by Gasteiger charge is 1.92. The predicted molar refractivity (Wildman–Crippen MR) is 55.9 cm³/mol. The molecule has 0 N–H and O–H groups in total. The van der Waals surface area contributed by atoms with Gasteiger partial charge in [0.2, 0.25) is 0 Å². The van der Waals surface area contributed by atoms with Crippen LogP contribution < -0.4 is 0 Å². The van der Waals surface area contributed by atoms with E-state index in [1.165, 1.54) is 14.2 Å². The minimum absolute atomic E-state index is 0. The van der Waals surface area contributed by atoms with Crippen LogP contribution in [0.3, 0.4) is 0 Å². The van der Waals surface area contributed by atoms with Crippen LogP contribution in [0.15, 0.2) is 12.7 Å². The molecule has 0 saturated carbocycles. The molecule has 0 heterocycles. The first kappa shape index (κ1) is 15.2. The SMILES string of the molecule is C.C=CC(=O)OC.[2H]C(CC)C(=O)OC. The zero-order chi connectivity index (χ0) is 11.6. The molecule has 0 aromatic rings. The molecule has 1 unspecified atom stereocenters. The molecule has 14 heavy (non-hydrogen) atoms. The number of hydrogen-bond donors (Lipinski definition) is 0. The number of esters is 2. The van der Waals surface area contributed by atoms with Crippen molar-refractivity contribution >= 4 is 11.9 Å². The fraction of sp³-hybridized carbons (Fsp3) is 0.600. The molecular weight excluding hydrogens is 184 g/mol. The van der Waals surface area contributed by atoms with Gasteiger partial charge in [0.05, 0.1) is 14.2 Å². The van der Waals surface area contributed by atoms with E-state index in [4.69, 9.17) is 1.37 Å². The molecule has 0 aliphatic carbocycles. The topological polar surface area (TPSA) is 52.6 Å². The van der Waals surface area contributed by atoms with E-state index in [1.807, 2.05) is 0 Å². The Morgan fingerprint density at radius 2 is 1.93 bits per heavy atom. The van der Waals surface area contributed by atoms with Gasteiger partial charge in [-0.25, -0.2) is 4.79 Å². The summed E-state index contributed by atoms with van der Waals surface area (Å²) < 4.78 is 15.4. The Kier molecular flexibility index (Phi) is 15.4. The van der Waals surface area contributed by atoms with Crippen molar-refractivity contribution < 1.29 is 20.4 Å². The fourth-order valence-electron chi connectivity index (χ4n) is 0.333. The molecule has 0 aliphatic rings. The van der Waals surface area contributed by atoms with Crippen LogP contribution in [0.1, 0.15) is 28.5 Å². The summed E-state index contributed by atoms with van der Waals surface area (Å²) in [4.78, 5) is 20.2. The average Bonchev–Trinajstić information content (AvgIpc) is 2.26. The molecule has 1 atom stereocenters. The Bertz CT molecular complexity index is 192. The van der Waals surface area contributed by atoms with Crippen LogP contribution in [-0.2, 0) is 19.1 Å². The lowest BCUT2D eigenvalue weighted by Crippen LogP contribution is -1.97. The minimum atomic E-state index is -0.694.